The molecule has 0 heterocycles. The standard InChI is InChI=1S/C13H17NO2/c15-9-8-12(10-4-2-1-3-5-10)14-13(16)11-6-7-11/h1-5,11-12,15H,6-9H2,(H,14,16). The molecule has 2 N–H and O–H groups in total. The highest BCUT2D eigenvalue weighted by Crippen LogP contribution is 2.30. The van der Waals surface area contributed by atoms with Crippen molar-refractivity contribution in [2.75, 3.05) is 6.61 Å². The molecule has 1 aliphatic rings. The van der Waals surface area contributed by atoms with E-state index < -0.39 is 0 Å². The van der Waals surface area contributed by atoms with Crippen molar-refractivity contribution < 1.29 is 9.90 Å². The van der Waals surface area contributed by atoms with Crippen LogP contribution in [0, 0.1) is 5.92 Å². The van der Waals surface area contributed by atoms with E-state index in [-0.39, 0.29) is 24.5 Å². The molecule has 1 aromatic carbocycles. The lowest BCUT2D eigenvalue weighted by Crippen LogP contribution is -2.30. The van der Waals surface area contributed by atoms with Gasteiger partial charge in [0.2, 0.25) is 5.91 Å². The predicted octanol–water partition coefficient (Wildman–Crippen LogP) is 1.64. The molecule has 86 valence electrons. The summed E-state index contributed by atoms with van der Waals surface area (Å²) in [5, 5.41) is 12.0. The first kappa shape index (κ1) is 11.1. The van der Waals surface area contributed by atoms with Gasteiger partial charge in [-0.25, -0.2) is 0 Å². The fourth-order valence-corrected chi connectivity index (χ4v) is 1.77. The Morgan fingerprint density at radius 1 is 1.38 bits per heavy atom. The van der Waals surface area contributed by atoms with Crippen molar-refractivity contribution in [2.45, 2.75) is 25.3 Å². The lowest BCUT2D eigenvalue weighted by molar-refractivity contribution is -0.123. The number of benzene rings is 1. The van der Waals surface area contributed by atoms with Gasteiger partial charge in [-0.15, -0.1) is 0 Å². The zero-order valence-electron chi connectivity index (χ0n) is 9.23. The molecule has 1 fully saturated rings. The molecule has 0 radical (unpaired) electrons. The average molecular weight is 219 g/mol. The molecule has 0 saturated heterocycles. The largest absolute Gasteiger partial charge is 0.396 e. The normalized spacial score (nSPS) is 16.8. The second-order valence-corrected chi connectivity index (χ2v) is 4.26. The van der Waals surface area contributed by atoms with Gasteiger partial charge in [0.1, 0.15) is 0 Å². The number of carbonyl (C=O) groups excluding carboxylic acids is 1. The molecule has 3 nitrogen and oxygen atoms in total. The van der Waals surface area contributed by atoms with Gasteiger partial charge in [-0.05, 0) is 24.8 Å². The lowest BCUT2D eigenvalue weighted by Gasteiger charge is -2.18. The summed E-state index contributed by atoms with van der Waals surface area (Å²) in [6.07, 6.45) is 2.58. The van der Waals surface area contributed by atoms with Crippen molar-refractivity contribution in [3.8, 4) is 0 Å². The molecule has 0 aromatic heterocycles. The minimum Gasteiger partial charge on any atom is -0.396 e. The Morgan fingerprint density at radius 2 is 2.06 bits per heavy atom. The molecule has 2 rings (SSSR count). The quantitative estimate of drug-likeness (QED) is 0.791. The van der Waals surface area contributed by atoms with Crippen LogP contribution in [0.25, 0.3) is 0 Å². The van der Waals surface area contributed by atoms with E-state index >= 15 is 0 Å². The van der Waals surface area contributed by atoms with Crippen molar-refractivity contribution in [2.24, 2.45) is 5.92 Å². The molecular weight excluding hydrogens is 202 g/mol. The maximum Gasteiger partial charge on any atom is 0.223 e. The fraction of sp³-hybridized carbons (Fsp3) is 0.462. The van der Waals surface area contributed by atoms with Crippen molar-refractivity contribution in [3.63, 3.8) is 0 Å². The number of nitrogens with one attached hydrogen (secondary N) is 1. The van der Waals surface area contributed by atoms with E-state index in [2.05, 4.69) is 5.32 Å². The molecule has 0 spiro atoms. The Hall–Kier alpha value is -1.35. The number of hydrogen-bond donors (Lipinski definition) is 2. The highest BCUT2D eigenvalue weighted by atomic mass is 16.3. The summed E-state index contributed by atoms with van der Waals surface area (Å²) < 4.78 is 0. The molecule has 1 atom stereocenters. The number of rotatable bonds is 5. The van der Waals surface area contributed by atoms with Gasteiger partial charge in [0.25, 0.3) is 0 Å². The zero-order valence-corrected chi connectivity index (χ0v) is 9.23. The average Bonchev–Trinajstić information content (AvgIpc) is 3.13. The zero-order chi connectivity index (χ0) is 11.4. The van der Waals surface area contributed by atoms with Crippen LogP contribution in [0.1, 0.15) is 30.9 Å². The number of aliphatic hydroxyl groups excluding tert-OH is 1. The van der Waals surface area contributed by atoms with E-state index in [1.54, 1.807) is 0 Å². The third kappa shape index (κ3) is 2.83. The summed E-state index contributed by atoms with van der Waals surface area (Å²) in [6.45, 7) is 0.0878. The number of amides is 1. The summed E-state index contributed by atoms with van der Waals surface area (Å²) in [5.74, 6) is 0.340. The Balaban J connectivity index is 2.01. The first-order chi connectivity index (χ1) is 7.81. The number of aliphatic hydroxyl groups is 1. The SMILES string of the molecule is O=C(NC(CCO)c1ccccc1)C1CC1. The van der Waals surface area contributed by atoms with E-state index in [1.165, 1.54) is 0 Å². The van der Waals surface area contributed by atoms with E-state index in [4.69, 9.17) is 5.11 Å². The van der Waals surface area contributed by atoms with Crippen LogP contribution in [0.5, 0.6) is 0 Å². The van der Waals surface area contributed by atoms with Crippen LogP contribution < -0.4 is 5.32 Å². The van der Waals surface area contributed by atoms with Crippen LogP contribution in [0.2, 0.25) is 0 Å². The van der Waals surface area contributed by atoms with Crippen molar-refractivity contribution >= 4 is 5.91 Å². The molecule has 0 aliphatic heterocycles. The summed E-state index contributed by atoms with van der Waals surface area (Å²) in [5.41, 5.74) is 1.06. The predicted molar refractivity (Wildman–Crippen MR) is 61.8 cm³/mol. The maximum absolute atomic E-state index is 11.7. The first-order valence-electron chi connectivity index (χ1n) is 5.77. The summed E-state index contributed by atoms with van der Waals surface area (Å²) in [6, 6.07) is 9.74. The summed E-state index contributed by atoms with van der Waals surface area (Å²) >= 11 is 0. The molecular formula is C13H17NO2. The van der Waals surface area contributed by atoms with Crippen LogP contribution in [0.15, 0.2) is 30.3 Å². The number of carbonyl (C=O) groups is 1. The maximum atomic E-state index is 11.7. The van der Waals surface area contributed by atoms with Gasteiger partial charge in [0, 0.05) is 12.5 Å². The van der Waals surface area contributed by atoms with Crippen LogP contribution in [-0.2, 0) is 4.79 Å². The second kappa shape index (κ2) is 5.12. The topological polar surface area (TPSA) is 49.3 Å². The van der Waals surface area contributed by atoms with E-state index in [9.17, 15) is 4.79 Å². The smallest absolute Gasteiger partial charge is 0.223 e. The fourth-order valence-electron chi connectivity index (χ4n) is 1.77. The Morgan fingerprint density at radius 3 is 2.62 bits per heavy atom. The van der Waals surface area contributed by atoms with Crippen molar-refractivity contribution in [1.29, 1.82) is 0 Å². The monoisotopic (exact) mass is 219 g/mol. The molecule has 1 amide bonds. The van der Waals surface area contributed by atoms with Gasteiger partial charge in [0.05, 0.1) is 6.04 Å². The minimum atomic E-state index is -0.0562. The Bertz CT molecular complexity index is 346. The molecule has 1 aliphatic carbocycles. The van der Waals surface area contributed by atoms with Crippen molar-refractivity contribution in [3.05, 3.63) is 35.9 Å². The summed E-state index contributed by atoms with van der Waals surface area (Å²) in [7, 11) is 0. The first-order valence-corrected chi connectivity index (χ1v) is 5.77. The minimum absolute atomic E-state index is 0.0562. The van der Waals surface area contributed by atoms with Gasteiger partial charge in [0.15, 0.2) is 0 Å². The van der Waals surface area contributed by atoms with E-state index in [0.717, 1.165) is 18.4 Å². The highest BCUT2D eigenvalue weighted by molar-refractivity contribution is 5.81. The lowest BCUT2D eigenvalue weighted by atomic mass is 10.0. The molecule has 1 saturated carbocycles. The highest BCUT2D eigenvalue weighted by Gasteiger charge is 2.30. The van der Waals surface area contributed by atoms with Gasteiger partial charge in [-0.2, -0.15) is 0 Å². The van der Waals surface area contributed by atoms with E-state index in [0.29, 0.717) is 6.42 Å². The molecule has 16 heavy (non-hydrogen) atoms. The Labute approximate surface area is 95.5 Å². The Kier molecular flexibility index (Phi) is 3.57. The third-order valence-corrected chi connectivity index (χ3v) is 2.88. The second-order valence-electron chi connectivity index (χ2n) is 4.26. The molecule has 3 heteroatoms. The molecule has 0 bridgehead atoms. The van der Waals surface area contributed by atoms with Crippen LogP contribution in [-0.4, -0.2) is 17.6 Å². The van der Waals surface area contributed by atoms with Gasteiger partial charge >= 0.3 is 0 Å². The van der Waals surface area contributed by atoms with Crippen LogP contribution in [0.3, 0.4) is 0 Å². The van der Waals surface area contributed by atoms with Gasteiger partial charge in [-0.3, -0.25) is 4.79 Å². The van der Waals surface area contributed by atoms with Gasteiger partial charge < -0.3 is 10.4 Å². The number of hydrogen-bond acceptors (Lipinski definition) is 2. The van der Waals surface area contributed by atoms with Crippen LogP contribution in [0.4, 0.5) is 0 Å². The van der Waals surface area contributed by atoms with E-state index in [1.807, 2.05) is 30.3 Å². The summed E-state index contributed by atoms with van der Waals surface area (Å²) in [4.78, 5) is 11.7. The van der Waals surface area contributed by atoms with Gasteiger partial charge in [-0.1, -0.05) is 30.3 Å². The van der Waals surface area contributed by atoms with Crippen molar-refractivity contribution in [1.82, 2.24) is 5.32 Å². The molecule has 1 aromatic rings. The third-order valence-electron chi connectivity index (χ3n) is 2.88. The molecule has 1 unspecified atom stereocenters. The van der Waals surface area contributed by atoms with Crippen LogP contribution >= 0.6 is 0 Å².